The lowest BCUT2D eigenvalue weighted by molar-refractivity contribution is 0.304. The van der Waals surface area contributed by atoms with Crippen LogP contribution in [0.15, 0.2) is 84.9 Å². The summed E-state index contributed by atoms with van der Waals surface area (Å²) in [6, 6.07) is 29.1. The van der Waals surface area contributed by atoms with Gasteiger partial charge in [-0.2, -0.15) is 0 Å². The summed E-state index contributed by atoms with van der Waals surface area (Å²) >= 11 is 0. The molecule has 0 aromatic heterocycles. The Balaban J connectivity index is 1.35. The van der Waals surface area contributed by atoms with E-state index in [2.05, 4.69) is 91.6 Å². The van der Waals surface area contributed by atoms with Gasteiger partial charge in [0.1, 0.15) is 11.5 Å². The molecule has 2 nitrogen and oxygen atoms in total. The summed E-state index contributed by atoms with van der Waals surface area (Å²) in [7, 11) is 1.69. The SMILES string of the molecule is CCCCCCCOc1ccc(-c2ccc(C#Cc3ccc4cc(OC)ccc4c3)cc2)cc1. The molecule has 0 radical (unpaired) electrons. The lowest BCUT2D eigenvalue weighted by Crippen LogP contribution is -1.97. The maximum Gasteiger partial charge on any atom is 0.119 e. The van der Waals surface area contributed by atoms with E-state index in [1.54, 1.807) is 7.11 Å². The van der Waals surface area contributed by atoms with Crippen molar-refractivity contribution in [2.45, 2.75) is 39.0 Å². The van der Waals surface area contributed by atoms with Crippen LogP contribution in [0.1, 0.15) is 50.2 Å². The van der Waals surface area contributed by atoms with E-state index in [4.69, 9.17) is 9.47 Å². The Bertz CT molecular complexity index is 1260. The third-order valence-electron chi connectivity index (χ3n) is 5.99. The largest absolute Gasteiger partial charge is 0.497 e. The Morgan fingerprint density at radius 1 is 0.588 bits per heavy atom. The summed E-state index contributed by atoms with van der Waals surface area (Å²) in [5.74, 6) is 8.38. The van der Waals surface area contributed by atoms with Crippen LogP contribution in [0.2, 0.25) is 0 Å². The van der Waals surface area contributed by atoms with Crippen molar-refractivity contribution in [3.8, 4) is 34.5 Å². The predicted octanol–water partition coefficient (Wildman–Crippen LogP) is 8.26. The first-order valence-electron chi connectivity index (χ1n) is 12.2. The maximum absolute atomic E-state index is 5.88. The first-order chi connectivity index (χ1) is 16.7. The highest BCUT2D eigenvalue weighted by atomic mass is 16.5. The number of rotatable bonds is 9. The van der Waals surface area contributed by atoms with Gasteiger partial charge >= 0.3 is 0 Å². The van der Waals surface area contributed by atoms with Gasteiger partial charge in [-0.25, -0.2) is 0 Å². The fraction of sp³-hybridized carbons (Fsp3) is 0.250. The molecular weight excluding hydrogens is 416 g/mol. The average molecular weight is 449 g/mol. The van der Waals surface area contributed by atoms with Crippen LogP contribution < -0.4 is 9.47 Å². The average Bonchev–Trinajstić information content (AvgIpc) is 2.89. The number of benzene rings is 4. The molecule has 0 saturated carbocycles. The predicted molar refractivity (Wildman–Crippen MR) is 143 cm³/mol. The molecule has 0 amide bonds. The van der Waals surface area contributed by atoms with Gasteiger partial charge in [0.2, 0.25) is 0 Å². The number of ether oxygens (including phenoxy) is 2. The highest BCUT2D eigenvalue weighted by molar-refractivity contribution is 5.85. The molecule has 0 atom stereocenters. The molecule has 4 aromatic carbocycles. The molecule has 0 fully saturated rings. The van der Waals surface area contributed by atoms with Crippen molar-refractivity contribution in [2.24, 2.45) is 0 Å². The van der Waals surface area contributed by atoms with Crippen LogP contribution >= 0.6 is 0 Å². The van der Waals surface area contributed by atoms with E-state index in [1.165, 1.54) is 36.8 Å². The number of unbranched alkanes of at least 4 members (excludes halogenated alkanes) is 4. The highest BCUT2D eigenvalue weighted by Crippen LogP contribution is 2.24. The van der Waals surface area contributed by atoms with Crippen molar-refractivity contribution in [2.75, 3.05) is 13.7 Å². The quantitative estimate of drug-likeness (QED) is 0.189. The third kappa shape index (κ3) is 6.42. The van der Waals surface area contributed by atoms with Crippen molar-refractivity contribution in [3.05, 3.63) is 96.1 Å². The Morgan fingerprint density at radius 2 is 1.18 bits per heavy atom. The zero-order chi connectivity index (χ0) is 23.6. The molecule has 0 aliphatic heterocycles. The topological polar surface area (TPSA) is 18.5 Å². The number of hydrogen-bond acceptors (Lipinski definition) is 2. The van der Waals surface area contributed by atoms with E-state index in [1.807, 2.05) is 12.1 Å². The van der Waals surface area contributed by atoms with Gasteiger partial charge in [0.05, 0.1) is 13.7 Å². The van der Waals surface area contributed by atoms with Gasteiger partial charge in [-0.15, -0.1) is 0 Å². The molecule has 0 N–H and O–H groups in total. The summed E-state index contributed by atoms with van der Waals surface area (Å²) in [6.45, 7) is 3.03. The van der Waals surface area contributed by atoms with Crippen molar-refractivity contribution in [1.29, 1.82) is 0 Å². The highest BCUT2D eigenvalue weighted by Gasteiger charge is 2.01. The molecule has 0 saturated heterocycles. The van der Waals surface area contributed by atoms with Gasteiger partial charge in [0, 0.05) is 11.1 Å². The van der Waals surface area contributed by atoms with E-state index in [9.17, 15) is 0 Å². The second-order valence-corrected chi connectivity index (χ2v) is 8.54. The lowest BCUT2D eigenvalue weighted by atomic mass is 10.0. The van der Waals surface area contributed by atoms with Crippen molar-refractivity contribution >= 4 is 10.8 Å². The van der Waals surface area contributed by atoms with Gasteiger partial charge in [-0.1, -0.05) is 80.8 Å². The summed E-state index contributed by atoms with van der Waals surface area (Å²) in [4.78, 5) is 0. The van der Waals surface area contributed by atoms with Gasteiger partial charge in [0.15, 0.2) is 0 Å². The van der Waals surface area contributed by atoms with Crippen molar-refractivity contribution < 1.29 is 9.47 Å². The zero-order valence-corrected chi connectivity index (χ0v) is 20.1. The van der Waals surface area contributed by atoms with E-state index in [-0.39, 0.29) is 0 Å². The second-order valence-electron chi connectivity index (χ2n) is 8.54. The molecule has 34 heavy (non-hydrogen) atoms. The van der Waals surface area contributed by atoms with Crippen LogP contribution in [0.3, 0.4) is 0 Å². The molecule has 0 heterocycles. The number of methoxy groups -OCH3 is 1. The van der Waals surface area contributed by atoms with Crippen LogP contribution in [-0.4, -0.2) is 13.7 Å². The van der Waals surface area contributed by atoms with Gasteiger partial charge in [-0.05, 0) is 76.9 Å². The Labute approximate surface area is 203 Å². The molecule has 4 aromatic rings. The summed E-state index contributed by atoms with van der Waals surface area (Å²) in [5, 5.41) is 2.31. The molecule has 0 bridgehead atoms. The molecule has 0 unspecified atom stereocenters. The first kappa shape index (κ1) is 23.5. The van der Waals surface area contributed by atoms with Gasteiger partial charge in [0.25, 0.3) is 0 Å². The molecular formula is C32H32O2. The second kappa shape index (κ2) is 12.0. The third-order valence-corrected chi connectivity index (χ3v) is 5.99. The van der Waals surface area contributed by atoms with Crippen molar-refractivity contribution in [1.82, 2.24) is 0 Å². The van der Waals surface area contributed by atoms with Crippen LogP contribution in [0.25, 0.3) is 21.9 Å². The summed E-state index contributed by atoms with van der Waals surface area (Å²) < 4.78 is 11.2. The van der Waals surface area contributed by atoms with Crippen LogP contribution in [0.5, 0.6) is 11.5 Å². The van der Waals surface area contributed by atoms with Crippen molar-refractivity contribution in [3.63, 3.8) is 0 Å². The normalized spacial score (nSPS) is 10.5. The fourth-order valence-electron chi connectivity index (χ4n) is 3.96. The zero-order valence-electron chi connectivity index (χ0n) is 20.1. The van der Waals surface area contributed by atoms with E-state index in [0.29, 0.717) is 0 Å². The summed E-state index contributed by atoms with van der Waals surface area (Å²) in [6.07, 6.45) is 6.27. The molecule has 4 rings (SSSR count). The minimum atomic E-state index is 0.793. The minimum Gasteiger partial charge on any atom is -0.497 e. The minimum absolute atomic E-state index is 0.793. The Hall–Kier alpha value is -3.70. The Kier molecular flexibility index (Phi) is 8.25. The first-order valence-corrected chi connectivity index (χ1v) is 12.2. The lowest BCUT2D eigenvalue weighted by Gasteiger charge is -2.07. The Morgan fingerprint density at radius 3 is 1.91 bits per heavy atom. The molecule has 0 aliphatic rings. The molecule has 2 heteroatoms. The number of hydrogen-bond donors (Lipinski definition) is 0. The van der Waals surface area contributed by atoms with Crippen LogP contribution in [-0.2, 0) is 0 Å². The smallest absolute Gasteiger partial charge is 0.119 e. The maximum atomic E-state index is 5.88. The molecule has 0 aliphatic carbocycles. The van der Waals surface area contributed by atoms with E-state index >= 15 is 0 Å². The monoisotopic (exact) mass is 448 g/mol. The molecule has 0 spiro atoms. The fourth-order valence-corrected chi connectivity index (χ4v) is 3.96. The summed E-state index contributed by atoms with van der Waals surface area (Å²) in [5.41, 5.74) is 4.36. The van der Waals surface area contributed by atoms with Gasteiger partial charge < -0.3 is 9.47 Å². The van der Waals surface area contributed by atoms with E-state index in [0.717, 1.165) is 46.4 Å². The standard InChI is InChI=1S/C32H32O2/c1-3-4-5-6-7-22-34-31-19-16-28(17-20-31)27-13-10-25(11-14-27)8-9-26-12-15-30-24-32(33-2)21-18-29(30)23-26/h10-21,23-24H,3-7,22H2,1-2H3. The molecule has 172 valence electrons. The number of fused-ring (bicyclic) bond motifs is 1. The van der Waals surface area contributed by atoms with Crippen LogP contribution in [0.4, 0.5) is 0 Å². The van der Waals surface area contributed by atoms with Crippen LogP contribution in [0, 0.1) is 11.8 Å². The van der Waals surface area contributed by atoms with Gasteiger partial charge in [-0.3, -0.25) is 0 Å². The van der Waals surface area contributed by atoms with E-state index < -0.39 is 0 Å².